The van der Waals surface area contributed by atoms with Crippen LogP contribution < -0.4 is 5.32 Å². The minimum absolute atomic E-state index is 0.257. The van der Waals surface area contributed by atoms with Crippen LogP contribution in [0.3, 0.4) is 0 Å². The van der Waals surface area contributed by atoms with Crippen molar-refractivity contribution in [3.8, 4) is 11.3 Å². The van der Waals surface area contributed by atoms with Gasteiger partial charge in [0.1, 0.15) is 5.82 Å². The molecule has 1 aliphatic heterocycles. The number of benzene rings is 3. The van der Waals surface area contributed by atoms with Gasteiger partial charge in [-0.25, -0.2) is 9.37 Å². The van der Waals surface area contributed by atoms with Crippen LogP contribution in [-0.2, 0) is 17.8 Å². The van der Waals surface area contributed by atoms with Gasteiger partial charge in [-0.1, -0.05) is 54.6 Å². The Bertz CT molecular complexity index is 1290. The van der Waals surface area contributed by atoms with Gasteiger partial charge in [-0.3, -0.25) is 9.69 Å². The number of carbonyl (C=O) groups excluding carboxylic acids is 1. The summed E-state index contributed by atoms with van der Waals surface area (Å²) in [4.78, 5) is 20.2. The molecule has 1 amide bonds. The highest BCUT2D eigenvalue weighted by molar-refractivity contribution is 6.07. The summed E-state index contributed by atoms with van der Waals surface area (Å²) in [6.45, 7) is 4.69. The van der Waals surface area contributed by atoms with Crippen molar-refractivity contribution in [2.45, 2.75) is 13.1 Å². The van der Waals surface area contributed by atoms with Crippen LogP contribution in [0, 0.1) is 5.82 Å². The van der Waals surface area contributed by atoms with Gasteiger partial charge >= 0.3 is 0 Å². The first-order valence-corrected chi connectivity index (χ1v) is 11.5. The minimum atomic E-state index is -0.397. The Kier molecular flexibility index (Phi) is 6.60. The average Bonchev–Trinajstić information content (AvgIpc) is 2.88. The van der Waals surface area contributed by atoms with Crippen molar-refractivity contribution in [3.63, 3.8) is 0 Å². The summed E-state index contributed by atoms with van der Waals surface area (Å²) >= 11 is 0. The highest BCUT2D eigenvalue weighted by Gasteiger charge is 2.16. The Morgan fingerprint density at radius 3 is 2.47 bits per heavy atom. The van der Waals surface area contributed by atoms with Crippen molar-refractivity contribution in [1.82, 2.24) is 15.2 Å². The molecule has 1 fully saturated rings. The van der Waals surface area contributed by atoms with Gasteiger partial charge < -0.3 is 10.1 Å². The molecular formula is C28H26FN3O2. The standard InChI is InChI=1S/C28H26FN3O2/c29-23-10-11-26-24(16-23)25(28(33)30-18-20-4-2-1-3-5-20)17-27(31-26)22-8-6-21(7-9-22)19-32-12-14-34-15-13-32/h1-11,16-17H,12-15,18-19H2,(H,30,33). The second-order valence-corrected chi connectivity index (χ2v) is 8.47. The first-order valence-electron chi connectivity index (χ1n) is 11.5. The lowest BCUT2D eigenvalue weighted by Crippen LogP contribution is -2.35. The summed E-state index contributed by atoms with van der Waals surface area (Å²) in [5.74, 6) is -0.654. The van der Waals surface area contributed by atoms with Crippen LogP contribution in [0.1, 0.15) is 21.5 Å². The summed E-state index contributed by atoms with van der Waals surface area (Å²) in [6, 6.07) is 24.1. The molecular weight excluding hydrogens is 429 g/mol. The molecule has 2 heterocycles. The Morgan fingerprint density at radius 1 is 0.941 bits per heavy atom. The molecule has 3 aromatic carbocycles. The normalized spacial score (nSPS) is 14.3. The zero-order valence-electron chi connectivity index (χ0n) is 18.8. The quantitative estimate of drug-likeness (QED) is 0.454. The lowest BCUT2D eigenvalue weighted by Gasteiger charge is -2.26. The molecule has 5 nitrogen and oxygen atoms in total. The lowest BCUT2D eigenvalue weighted by atomic mass is 10.0. The van der Waals surface area contributed by atoms with E-state index in [4.69, 9.17) is 9.72 Å². The molecule has 0 aliphatic carbocycles. The van der Waals surface area contributed by atoms with Gasteiger partial charge in [-0.05, 0) is 35.4 Å². The number of carbonyl (C=O) groups is 1. The summed E-state index contributed by atoms with van der Waals surface area (Å²) in [5.41, 5.74) is 4.80. The van der Waals surface area contributed by atoms with Crippen LogP contribution in [-0.4, -0.2) is 42.1 Å². The Morgan fingerprint density at radius 2 is 1.71 bits per heavy atom. The number of fused-ring (bicyclic) bond motifs is 1. The van der Waals surface area contributed by atoms with Gasteiger partial charge in [-0.15, -0.1) is 0 Å². The molecule has 1 aromatic heterocycles. The van der Waals surface area contributed by atoms with E-state index in [1.165, 1.54) is 17.7 Å². The smallest absolute Gasteiger partial charge is 0.252 e. The number of nitrogens with zero attached hydrogens (tertiary/aromatic N) is 2. The van der Waals surface area contributed by atoms with E-state index >= 15 is 0 Å². The fourth-order valence-electron chi connectivity index (χ4n) is 4.21. The van der Waals surface area contributed by atoms with Crippen LogP contribution in [0.25, 0.3) is 22.2 Å². The van der Waals surface area contributed by atoms with Crippen LogP contribution >= 0.6 is 0 Å². The molecule has 0 atom stereocenters. The zero-order valence-corrected chi connectivity index (χ0v) is 18.8. The van der Waals surface area contributed by atoms with Gasteiger partial charge in [0.25, 0.3) is 5.91 Å². The Hall–Kier alpha value is -3.61. The second-order valence-electron chi connectivity index (χ2n) is 8.47. The van der Waals surface area contributed by atoms with Crippen molar-refractivity contribution in [3.05, 3.63) is 101 Å². The SMILES string of the molecule is O=C(NCc1ccccc1)c1cc(-c2ccc(CN3CCOCC3)cc2)nc2ccc(F)cc12. The van der Waals surface area contributed by atoms with E-state index in [9.17, 15) is 9.18 Å². The third kappa shape index (κ3) is 5.14. The maximum atomic E-state index is 14.0. The number of rotatable bonds is 6. The summed E-state index contributed by atoms with van der Waals surface area (Å²) < 4.78 is 19.4. The molecule has 0 unspecified atom stereocenters. The number of hydrogen-bond donors (Lipinski definition) is 1. The molecule has 1 N–H and O–H groups in total. The third-order valence-electron chi connectivity index (χ3n) is 6.07. The zero-order chi connectivity index (χ0) is 23.3. The van der Waals surface area contributed by atoms with E-state index < -0.39 is 5.82 Å². The summed E-state index contributed by atoms with van der Waals surface area (Å²) in [5, 5.41) is 3.45. The predicted molar refractivity (Wildman–Crippen MR) is 131 cm³/mol. The first-order chi connectivity index (χ1) is 16.7. The van der Waals surface area contributed by atoms with Crippen LogP contribution in [0.4, 0.5) is 4.39 Å². The molecule has 6 heteroatoms. The molecule has 0 saturated carbocycles. The fraction of sp³-hybridized carbons (Fsp3) is 0.214. The molecule has 0 spiro atoms. The number of aromatic nitrogens is 1. The molecule has 1 saturated heterocycles. The maximum Gasteiger partial charge on any atom is 0.252 e. The maximum absolute atomic E-state index is 14.0. The number of hydrogen-bond acceptors (Lipinski definition) is 4. The van der Waals surface area contributed by atoms with Crippen molar-refractivity contribution in [2.75, 3.05) is 26.3 Å². The molecule has 0 radical (unpaired) electrons. The molecule has 172 valence electrons. The van der Waals surface area contributed by atoms with Crippen LogP contribution in [0.2, 0.25) is 0 Å². The van der Waals surface area contributed by atoms with Crippen LogP contribution in [0.5, 0.6) is 0 Å². The molecule has 34 heavy (non-hydrogen) atoms. The van der Waals surface area contributed by atoms with Crippen molar-refractivity contribution in [2.24, 2.45) is 0 Å². The van der Waals surface area contributed by atoms with Crippen molar-refractivity contribution < 1.29 is 13.9 Å². The molecule has 1 aliphatic rings. The number of pyridine rings is 1. The van der Waals surface area contributed by atoms with E-state index in [-0.39, 0.29) is 5.91 Å². The number of ether oxygens (including phenoxy) is 1. The van der Waals surface area contributed by atoms with E-state index in [1.807, 2.05) is 42.5 Å². The highest BCUT2D eigenvalue weighted by Crippen LogP contribution is 2.26. The van der Waals surface area contributed by atoms with Crippen molar-refractivity contribution >= 4 is 16.8 Å². The van der Waals surface area contributed by atoms with E-state index in [2.05, 4.69) is 22.3 Å². The predicted octanol–water partition coefficient (Wildman–Crippen LogP) is 4.80. The average molecular weight is 456 g/mol. The second kappa shape index (κ2) is 10.1. The number of amides is 1. The van der Waals surface area contributed by atoms with E-state index in [1.54, 1.807) is 12.1 Å². The van der Waals surface area contributed by atoms with Crippen LogP contribution in [0.15, 0.2) is 78.9 Å². The monoisotopic (exact) mass is 455 g/mol. The number of halogens is 1. The Labute approximate surface area is 198 Å². The van der Waals surface area contributed by atoms with Gasteiger partial charge in [-0.2, -0.15) is 0 Å². The minimum Gasteiger partial charge on any atom is -0.379 e. The Balaban J connectivity index is 1.42. The first kappa shape index (κ1) is 22.2. The topological polar surface area (TPSA) is 54.5 Å². The molecule has 4 aromatic rings. The number of morpholine rings is 1. The van der Waals surface area contributed by atoms with Gasteiger partial charge in [0, 0.05) is 37.1 Å². The van der Waals surface area contributed by atoms with E-state index in [0.717, 1.165) is 44.0 Å². The van der Waals surface area contributed by atoms with Gasteiger partial charge in [0.2, 0.25) is 0 Å². The van der Waals surface area contributed by atoms with Gasteiger partial charge in [0.05, 0.1) is 30.0 Å². The van der Waals surface area contributed by atoms with Crippen molar-refractivity contribution in [1.29, 1.82) is 0 Å². The van der Waals surface area contributed by atoms with Gasteiger partial charge in [0.15, 0.2) is 0 Å². The fourth-order valence-corrected chi connectivity index (χ4v) is 4.21. The number of nitrogens with one attached hydrogen (secondary N) is 1. The molecule has 5 rings (SSSR count). The summed E-state index contributed by atoms with van der Waals surface area (Å²) in [6.07, 6.45) is 0. The molecule has 0 bridgehead atoms. The largest absolute Gasteiger partial charge is 0.379 e. The van der Waals surface area contributed by atoms with E-state index in [0.29, 0.717) is 28.7 Å². The summed E-state index contributed by atoms with van der Waals surface area (Å²) in [7, 11) is 0. The third-order valence-corrected chi connectivity index (χ3v) is 6.07. The highest BCUT2D eigenvalue weighted by atomic mass is 19.1. The lowest BCUT2D eigenvalue weighted by molar-refractivity contribution is 0.0342.